The molecule has 0 aromatic heterocycles. The summed E-state index contributed by atoms with van der Waals surface area (Å²) < 4.78 is 0. The first-order chi connectivity index (χ1) is 13.4. The quantitative estimate of drug-likeness (QED) is 0.776. The van der Waals surface area contributed by atoms with Gasteiger partial charge in [-0.05, 0) is 49.5 Å². The second-order valence-electron chi connectivity index (χ2n) is 8.46. The summed E-state index contributed by atoms with van der Waals surface area (Å²) in [7, 11) is 1.85. The highest BCUT2D eigenvalue weighted by Gasteiger charge is 2.32. The normalized spacial score (nSPS) is 23.4. The molecule has 1 aliphatic carbocycles. The fourth-order valence-corrected chi connectivity index (χ4v) is 4.43. The smallest absolute Gasteiger partial charge is 0.343 e. The van der Waals surface area contributed by atoms with Gasteiger partial charge in [0.25, 0.3) is 0 Å². The number of piperidine rings is 1. The van der Waals surface area contributed by atoms with Crippen molar-refractivity contribution in [1.29, 1.82) is 0 Å². The molecule has 1 saturated carbocycles. The van der Waals surface area contributed by atoms with Crippen LogP contribution in [-0.4, -0.2) is 53.6 Å². The van der Waals surface area contributed by atoms with E-state index in [0.717, 1.165) is 57.3 Å². The molecule has 2 aliphatic rings. The van der Waals surface area contributed by atoms with E-state index in [1.807, 2.05) is 18.9 Å². The molecular weight excluding hydrogens is 350 g/mol. The van der Waals surface area contributed by atoms with Crippen molar-refractivity contribution in [1.82, 2.24) is 9.80 Å². The number of hydrogen-bond donors (Lipinski definition) is 0. The van der Waals surface area contributed by atoms with Gasteiger partial charge in [0.1, 0.15) is 0 Å². The lowest BCUT2D eigenvalue weighted by molar-refractivity contribution is -0.132. The summed E-state index contributed by atoms with van der Waals surface area (Å²) in [5.41, 5.74) is 2.59. The van der Waals surface area contributed by atoms with Crippen LogP contribution in [0, 0.1) is 0 Å². The monoisotopic (exact) mass is 383 g/mol. The molecular formula is C23H33N3O2. The lowest BCUT2D eigenvalue weighted by Gasteiger charge is -2.37. The average molecular weight is 384 g/mol. The van der Waals surface area contributed by atoms with Crippen LogP contribution in [0.25, 0.3) is 0 Å². The molecule has 5 nitrogen and oxygen atoms in total. The number of carbonyl (C=O) groups excluding carboxylic acids is 2. The molecule has 28 heavy (non-hydrogen) atoms. The third-order valence-electron chi connectivity index (χ3n) is 6.62. The predicted octanol–water partition coefficient (Wildman–Crippen LogP) is 4.41. The van der Waals surface area contributed by atoms with Crippen LogP contribution < -0.4 is 0 Å². The highest BCUT2D eigenvalue weighted by Crippen LogP contribution is 2.38. The highest BCUT2D eigenvalue weighted by molar-refractivity contribution is 5.95. The second-order valence-corrected chi connectivity index (χ2v) is 8.46. The van der Waals surface area contributed by atoms with Crippen LogP contribution in [0.3, 0.4) is 0 Å². The Hall–Kier alpha value is -2.17. The average Bonchev–Trinajstić information content (AvgIpc) is 2.75. The van der Waals surface area contributed by atoms with Crippen LogP contribution in [0.2, 0.25) is 0 Å². The molecule has 1 aliphatic heterocycles. The lowest BCUT2D eigenvalue weighted by atomic mass is 9.70. The Balaban J connectivity index is 1.53. The number of urea groups is 1. The standard InChI is InChI=1S/C23H33N3O2/c1-4-21(27)26-16-12-20(13-17-26)25(3)22(28)24-19-10-14-23(2,15-11-19)18-8-6-5-7-9-18/h5-9,20H,4,10-17H2,1-3H3. The van der Waals surface area contributed by atoms with Crippen molar-refractivity contribution in [2.75, 3.05) is 20.1 Å². The maximum Gasteiger partial charge on any atom is 0.343 e. The van der Waals surface area contributed by atoms with Crippen molar-refractivity contribution < 1.29 is 9.59 Å². The molecule has 0 atom stereocenters. The number of amides is 3. The molecule has 1 heterocycles. The molecule has 0 spiro atoms. The molecule has 1 aromatic rings. The van der Waals surface area contributed by atoms with Gasteiger partial charge in [0.05, 0.1) is 0 Å². The van der Waals surface area contributed by atoms with Gasteiger partial charge in [-0.2, -0.15) is 0 Å². The summed E-state index contributed by atoms with van der Waals surface area (Å²) in [6.07, 6.45) is 6.06. The zero-order valence-electron chi connectivity index (χ0n) is 17.5. The molecule has 0 N–H and O–H groups in total. The van der Waals surface area contributed by atoms with Gasteiger partial charge in [0, 0.05) is 38.3 Å². The Bertz CT molecular complexity index is 711. The van der Waals surface area contributed by atoms with E-state index >= 15 is 0 Å². The summed E-state index contributed by atoms with van der Waals surface area (Å²) in [5, 5.41) is 0. The molecule has 1 aromatic carbocycles. The number of rotatable bonds is 3. The molecule has 2 fully saturated rings. The van der Waals surface area contributed by atoms with Crippen molar-refractivity contribution in [2.45, 2.75) is 70.3 Å². The van der Waals surface area contributed by atoms with E-state index in [2.05, 4.69) is 42.2 Å². The van der Waals surface area contributed by atoms with E-state index in [1.165, 1.54) is 5.56 Å². The topological polar surface area (TPSA) is 53.0 Å². The van der Waals surface area contributed by atoms with E-state index in [4.69, 9.17) is 0 Å². The van der Waals surface area contributed by atoms with Crippen LogP contribution >= 0.6 is 0 Å². The van der Waals surface area contributed by atoms with Gasteiger partial charge in [-0.1, -0.05) is 44.2 Å². The molecule has 152 valence electrons. The summed E-state index contributed by atoms with van der Waals surface area (Å²) in [4.78, 5) is 32.6. The van der Waals surface area contributed by atoms with Crippen molar-refractivity contribution in [3.63, 3.8) is 0 Å². The molecule has 1 saturated heterocycles. The molecule has 3 rings (SSSR count). The van der Waals surface area contributed by atoms with Gasteiger partial charge in [-0.25, -0.2) is 9.79 Å². The molecule has 0 bridgehead atoms. The van der Waals surface area contributed by atoms with Gasteiger partial charge in [-0.3, -0.25) is 4.79 Å². The van der Waals surface area contributed by atoms with Crippen LogP contribution in [0.15, 0.2) is 35.3 Å². The molecule has 3 amide bonds. The van der Waals surface area contributed by atoms with Crippen molar-refractivity contribution in [3.8, 4) is 0 Å². The zero-order chi connectivity index (χ0) is 20.1. The Morgan fingerprint density at radius 1 is 1.14 bits per heavy atom. The van der Waals surface area contributed by atoms with E-state index < -0.39 is 0 Å². The van der Waals surface area contributed by atoms with Crippen LogP contribution in [0.1, 0.15) is 64.4 Å². The summed E-state index contributed by atoms with van der Waals surface area (Å²) in [6, 6.07) is 10.7. The third-order valence-corrected chi connectivity index (χ3v) is 6.62. The van der Waals surface area contributed by atoms with E-state index in [1.54, 1.807) is 4.90 Å². The fourth-order valence-electron chi connectivity index (χ4n) is 4.43. The van der Waals surface area contributed by atoms with Gasteiger partial charge in [0.2, 0.25) is 5.91 Å². The number of hydrogen-bond acceptors (Lipinski definition) is 2. The van der Waals surface area contributed by atoms with Crippen LogP contribution in [0.5, 0.6) is 0 Å². The minimum Gasteiger partial charge on any atom is -0.343 e. The minimum absolute atomic E-state index is 0.126. The Morgan fingerprint density at radius 3 is 2.32 bits per heavy atom. The number of likely N-dealkylation sites (tertiary alicyclic amines) is 1. The summed E-state index contributed by atoms with van der Waals surface area (Å²) in [6.45, 7) is 5.69. The maximum atomic E-state index is 12.7. The Kier molecular flexibility index (Phi) is 6.53. The first-order valence-electron chi connectivity index (χ1n) is 10.6. The van der Waals surface area contributed by atoms with Gasteiger partial charge >= 0.3 is 6.03 Å². The van der Waals surface area contributed by atoms with E-state index in [-0.39, 0.29) is 23.4 Å². The van der Waals surface area contributed by atoms with Crippen LogP contribution in [0.4, 0.5) is 4.79 Å². The Morgan fingerprint density at radius 2 is 1.75 bits per heavy atom. The second kappa shape index (κ2) is 8.89. The van der Waals surface area contributed by atoms with E-state index in [0.29, 0.717) is 6.42 Å². The largest absolute Gasteiger partial charge is 0.343 e. The third kappa shape index (κ3) is 4.62. The van der Waals surface area contributed by atoms with Crippen molar-refractivity contribution in [3.05, 3.63) is 35.9 Å². The number of carbonyl (C=O) groups is 2. The van der Waals surface area contributed by atoms with E-state index in [9.17, 15) is 9.59 Å². The van der Waals surface area contributed by atoms with Crippen molar-refractivity contribution >= 4 is 17.6 Å². The first kappa shape index (κ1) is 20.6. The SMILES string of the molecule is CCC(=O)N1CCC(N(C)C(=O)N=C2CCC(C)(c3ccccc3)CC2)CC1. The van der Waals surface area contributed by atoms with Crippen molar-refractivity contribution in [2.24, 2.45) is 4.99 Å². The van der Waals surface area contributed by atoms with Gasteiger partial charge in [-0.15, -0.1) is 0 Å². The number of aliphatic imine (C=N–C) groups is 1. The predicted molar refractivity (Wildman–Crippen MR) is 113 cm³/mol. The fraction of sp³-hybridized carbons (Fsp3) is 0.609. The van der Waals surface area contributed by atoms with Gasteiger partial charge in [0.15, 0.2) is 0 Å². The molecule has 0 unspecified atom stereocenters. The highest BCUT2D eigenvalue weighted by atomic mass is 16.2. The van der Waals surface area contributed by atoms with Gasteiger partial charge < -0.3 is 9.80 Å². The molecule has 0 radical (unpaired) electrons. The number of nitrogens with zero attached hydrogens (tertiary/aromatic N) is 3. The number of benzene rings is 1. The first-order valence-corrected chi connectivity index (χ1v) is 10.6. The maximum absolute atomic E-state index is 12.7. The lowest BCUT2D eigenvalue weighted by Crippen LogP contribution is -2.46. The summed E-state index contributed by atoms with van der Waals surface area (Å²) in [5.74, 6) is 0.205. The summed E-state index contributed by atoms with van der Waals surface area (Å²) >= 11 is 0. The minimum atomic E-state index is -0.126. The molecule has 5 heteroatoms. The zero-order valence-corrected chi connectivity index (χ0v) is 17.5. The Labute approximate surface area is 168 Å². The van der Waals surface area contributed by atoms with Crippen LogP contribution in [-0.2, 0) is 10.2 Å².